The lowest BCUT2D eigenvalue weighted by Gasteiger charge is -2.35. The van der Waals surface area contributed by atoms with E-state index in [1.165, 1.54) is 17.7 Å². The zero-order chi connectivity index (χ0) is 19.6. The Hall–Kier alpha value is -2.13. The largest absolute Gasteiger partial charge is 0.454 e. The fraction of sp³-hybridized carbons (Fsp3) is 0.400. The second kappa shape index (κ2) is 8.08. The maximum atomic E-state index is 12.9. The molecule has 0 unspecified atom stereocenters. The molecule has 0 aromatic heterocycles. The highest BCUT2D eigenvalue weighted by atomic mass is 32.2. The second-order valence-corrected chi connectivity index (χ2v) is 8.71. The third kappa shape index (κ3) is 4.15. The lowest BCUT2D eigenvalue weighted by Crippen LogP contribution is -2.43. The van der Waals surface area contributed by atoms with E-state index in [1.807, 2.05) is 6.92 Å². The van der Waals surface area contributed by atoms with Crippen molar-refractivity contribution in [3.63, 3.8) is 0 Å². The van der Waals surface area contributed by atoms with E-state index < -0.39 is 10.0 Å². The molecule has 2 aromatic carbocycles. The van der Waals surface area contributed by atoms with Crippen molar-refractivity contribution in [3.8, 4) is 11.5 Å². The normalized spacial score (nSPS) is 18.2. The van der Waals surface area contributed by atoms with Gasteiger partial charge in [-0.1, -0.05) is 29.8 Å². The molecule has 8 heteroatoms. The maximum absolute atomic E-state index is 12.9. The van der Waals surface area contributed by atoms with Crippen LogP contribution in [0.3, 0.4) is 0 Å². The van der Waals surface area contributed by atoms with E-state index in [4.69, 9.17) is 14.2 Å². The molecule has 2 heterocycles. The molecular formula is C20H24N2O5S. The van der Waals surface area contributed by atoms with Gasteiger partial charge < -0.3 is 14.2 Å². The number of sulfonamides is 1. The number of ether oxygens (including phenoxy) is 3. The molecule has 2 aliphatic heterocycles. The Balaban J connectivity index is 1.53. The van der Waals surface area contributed by atoms with E-state index in [1.54, 1.807) is 6.07 Å². The molecule has 0 spiro atoms. The van der Waals surface area contributed by atoms with Gasteiger partial charge in [0, 0.05) is 31.7 Å². The molecule has 7 nitrogen and oxygen atoms in total. The molecule has 0 aliphatic carbocycles. The first-order valence-electron chi connectivity index (χ1n) is 9.31. The number of hydrogen-bond donors (Lipinski definition) is 1. The van der Waals surface area contributed by atoms with Crippen LogP contribution in [0.2, 0.25) is 0 Å². The molecule has 4 rings (SSSR count). The van der Waals surface area contributed by atoms with Crippen LogP contribution in [0.5, 0.6) is 11.5 Å². The predicted octanol–water partition coefficient (Wildman–Crippen LogP) is 2.08. The van der Waals surface area contributed by atoms with Crippen LogP contribution in [0.1, 0.15) is 17.2 Å². The van der Waals surface area contributed by atoms with Crippen molar-refractivity contribution in [2.75, 3.05) is 39.6 Å². The zero-order valence-electron chi connectivity index (χ0n) is 15.8. The SMILES string of the molecule is Cc1ccc([C@@H](CNS(=O)(=O)c2ccc3c(c2)OCO3)N2CCOCC2)cc1. The fourth-order valence-corrected chi connectivity index (χ4v) is 4.50. The Morgan fingerprint density at radius 3 is 2.50 bits per heavy atom. The molecule has 28 heavy (non-hydrogen) atoms. The lowest BCUT2D eigenvalue weighted by atomic mass is 10.0. The first kappa shape index (κ1) is 19.2. The summed E-state index contributed by atoms with van der Waals surface area (Å²) in [5, 5.41) is 0. The van der Waals surface area contributed by atoms with Gasteiger partial charge in [0.25, 0.3) is 0 Å². The molecule has 1 saturated heterocycles. The minimum Gasteiger partial charge on any atom is -0.454 e. The molecule has 0 bridgehead atoms. The summed E-state index contributed by atoms with van der Waals surface area (Å²) in [7, 11) is -3.68. The molecule has 0 amide bonds. The minimum absolute atomic E-state index is 0.0618. The van der Waals surface area contributed by atoms with E-state index in [9.17, 15) is 8.42 Å². The quantitative estimate of drug-likeness (QED) is 0.794. The average molecular weight is 404 g/mol. The predicted molar refractivity (Wildman–Crippen MR) is 104 cm³/mol. The van der Waals surface area contributed by atoms with Crippen LogP contribution in [0.15, 0.2) is 47.4 Å². The van der Waals surface area contributed by atoms with Gasteiger partial charge in [0.2, 0.25) is 16.8 Å². The molecule has 150 valence electrons. The van der Waals surface area contributed by atoms with Crippen LogP contribution in [-0.4, -0.2) is 53.0 Å². The van der Waals surface area contributed by atoms with Crippen molar-refractivity contribution < 1.29 is 22.6 Å². The van der Waals surface area contributed by atoms with Gasteiger partial charge in [0.05, 0.1) is 18.1 Å². The van der Waals surface area contributed by atoms with Crippen molar-refractivity contribution in [1.82, 2.24) is 9.62 Å². The van der Waals surface area contributed by atoms with Crippen molar-refractivity contribution >= 4 is 10.0 Å². The van der Waals surface area contributed by atoms with Gasteiger partial charge in [-0.2, -0.15) is 0 Å². The Labute approximate surface area is 165 Å². The standard InChI is InChI=1S/C20H24N2O5S/c1-15-2-4-16(5-3-15)18(22-8-10-25-11-9-22)13-21-28(23,24)17-6-7-19-20(12-17)27-14-26-19/h2-7,12,18,21H,8-11,13-14H2,1H3/t18-/m1/s1. The molecule has 1 fully saturated rings. The molecular weight excluding hydrogens is 380 g/mol. The summed E-state index contributed by atoms with van der Waals surface area (Å²) < 4.78 is 44.5. The molecule has 1 N–H and O–H groups in total. The third-order valence-electron chi connectivity index (χ3n) is 5.07. The number of benzene rings is 2. The van der Waals surface area contributed by atoms with Crippen molar-refractivity contribution in [2.24, 2.45) is 0 Å². The van der Waals surface area contributed by atoms with Gasteiger partial charge in [0.15, 0.2) is 11.5 Å². The van der Waals surface area contributed by atoms with Crippen molar-refractivity contribution in [1.29, 1.82) is 0 Å². The Morgan fingerprint density at radius 2 is 1.75 bits per heavy atom. The number of nitrogens with zero attached hydrogens (tertiary/aromatic N) is 1. The van der Waals surface area contributed by atoms with Crippen LogP contribution >= 0.6 is 0 Å². The topological polar surface area (TPSA) is 77.1 Å². The van der Waals surface area contributed by atoms with Gasteiger partial charge in [-0.15, -0.1) is 0 Å². The summed E-state index contributed by atoms with van der Waals surface area (Å²) in [6.07, 6.45) is 0. The smallest absolute Gasteiger partial charge is 0.240 e. The van der Waals surface area contributed by atoms with Crippen LogP contribution in [0, 0.1) is 6.92 Å². The van der Waals surface area contributed by atoms with Crippen molar-refractivity contribution in [3.05, 3.63) is 53.6 Å². The highest BCUT2D eigenvalue weighted by molar-refractivity contribution is 7.89. The summed E-state index contributed by atoms with van der Waals surface area (Å²) in [5.74, 6) is 1.01. The fourth-order valence-electron chi connectivity index (χ4n) is 3.45. The van der Waals surface area contributed by atoms with E-state index in [2.05, 4.69) is 33.9 Å². The van der Waals surface area contributed by atoms with E-state index in [-0.39, 0.29) is 24.3 Å². The first-order valence-corrected chi connectivity index (χ1v) is 10.8. The zero-order valence-corrected chi connectivity index (χ0v) is 16.6. The number of fused-ring (bicyclic) bond motifs is 1. The van der Waals surface area contributed by atoms with Crippen LogP contribution < -0.4 is 14.2 Å². The van der Waals surface area contributed by atoms with Crippen LogP contribution in [0.25, 0.3) is 0 Å². The first-order chi connectivity index (χ1) is 13.5. The van der Waals surface area contributed by atoms with Crippen LogP contribution in [0.4, 0.5) is 0 Å². The highest BCUT2D eigenvalue weighted by Crippen LogP contribution is 2.34. The summed E-state index contributed by atoms with van der Waals surface area (Å²) in [6, 6.07) is 12.8. The minimum atomic E-state index is -3.68. The molecule has 2 aromatic rings. The molecule has 0 radical (unpaired) electrons. The molecule has 1 atom stereocenters. The summed E-state index contributed by atoms with van der Waals surface area (Å²) in [5.41, 5.74) is 2.26. The van der Waals surface area contributed by atoms with E-state index in [0.717, 1.165) is 18.7 Å². The van der Waals surface area contributed by atoms with E-state index >= 15 is 0 Å². The Kier molecular flexibility index (Phi) is 5.54. The van der Waals surface area contributed by atoms with Crippen LogP contribution in [-0.2, 0) is 14.8 Å². The second-order valence-electron chi connectivity index (χ2n) is 6.94. The number of aryl methyl sites for hydroxylation is 1. The number of nitrogens with one attached hydrogen (secondary N) is 1. The van der Waals surface area contributed by atoms with E-state index in [0.29, 0.717) is 24.7 Å². The van der Waals surface area contributed by atoms with Gasteiger partial charge in [0.1, 0.15) is 0 Å². The van der Waals surface area contributed by atoms with Gasteiger partial charge >= 0.3 is 0 Å². The maximum Gasteiger partial charge on any atom is 0.240 e. The van der Waals surface area contributed by atoms with Crippen molar-refractivity contribution in [2.45, 2.75) is 17.9 Å². The Morgan fingerprint density at radius 1 is 1.04 bits per heavy atom. The molecule has 0 saturated carbocycles. The highest BCUT2D eigenvalue weighted by Gasteiger charge is 2.26. The molecule has 2 aliphatic rings. The summed E-state index contributed by atoms with van der Waals surface area (Å²) in [4.78, 5) is 2.43. The number of morpholine rings is 1. The van der Waals surface area contributed by atoms with Gasteiger partial charge in [-0.25, -0.2) is 13.1 Å². The average Bonchev–Trinajstić information content (AvgIpc) is 3.18. The number of rotatable bonds is 6. The lowest BCUT2D eigenvalue weighted by molar-refractivity contribution is 0.0172. The Bertz CT molecular complexity index is 924. The van der Waals surface area contributed by atoms with Gasteiger partial charge in [-0.3, -0.25) is 4.90 Å². The monoisotopic (exact) mass is 404 g/mol. The summed E-state index contributed by atoms with van der Waals surface area (Å²) >= 11 is 0. The third-order valence-corrected chi connectivity index (χ3v) is 6.49. The number of hydrogen-bond acceptors (Lipinski definition) is 6. The van der Waals surface area contributed by atoms with Gasteiger partial charge in [-0.05, 0) is 24.6 Å². The summed E-state index contributed by atoms with van der Waals surface area (Å²) in [6.45, 7) is 5.26.